The summed E-state index contributed by atoms with van der Waals surface area (Å²) < 4.78 is 68.4. The van der Waals surface area contributed by atoms with Crippen molar-refractivity contribution in [3.63, 3.8) is 0 Å². The molecule has 95 heavy (non-hydrogen) atoms. The second-order valence-electron chi connectivity index (χ2n) is 27.9. The molecule has 0 aliphatic heterocycles. The first-order chi connectivity index (χ1) is 46.0. The van der Waals surface area contributed by atoms with Gasteiger partial charge in [0.15, 0.2) is 12.2 Å². The molecule has 19 heteroatoms. The molecule has 17 nitrogen and oxygen atoms in total. The van der Waals surface area contributed by atoms with E-state index in [1.165, 1.54) is 212 Å². The topological polar surface area (TPSA) is 237 Å². The largest absolute Gasteiger partial charge is 0.472 e. The predicted octanol–water partition coefficient (Wildman–Crippen LogP) is 22.5. The number of aliphatic hydroxyl groups is 1. The summed E-state index contributed by atoms with van der Waals surface area (Å²) >= 11 is 0. The molecule has 0 aliphatic rings. The van der Waals surface area contributed by atoms with E-state index in [1.54, 1.807) is 0 Å². The highest BCUT2D eigenvalue weighted by Crippen LogP contribution is 2.45. The lowest BCUT2D eigenvalue weighted by Crippen LogP contribution is -2.30. The summed E-state index contributed by atoms with van der Waals surface area (Å²) in [4.78, 5) is 72.7. The Bertz CT molecular complexity index is 1820. The fraction of sp³-hybridized carbons (Fsp3) is 0.947. The SMILES string of the molecule is CCCCCCCCCCCCCCCCCCCCCC(=O)O[C@H](COC(=O)CCCCCCCCCCCCCCC(C)C)COP(=O)(O)OC[C@@H](O)COP(=O)(O)OC[C@@H](COC(=O)CCCCCCCCC)OC(=O)CCCCCCCCCCCCCCCC. The van der Waals surface area contributed by atoms with Gasteiger partial charge >= 0.3 is 39.5 Å². The summed E-state index contributed by atoms with van der Waals surface area (Å²) in [7, 11) is -9.90. The predicted molar refractivity (Wildman–Crippen MR) is 386 cm³/mol. The Morgan fingerprint density at radius 2 is 0.484 bits per heavy atom. The first kappa shape index (κ1) is 93.1. The van der Waals surface area contributed by atoms with Crippen molar-refractivity contribution in [2.24, 2.45) is 5.92 Å². The fourth-order valence-electron chi connectivity index (χ4n) is 11.7. The van der Waals surface area contributed by atoms with Gasteiger partial charge < -0.3 is 33.8 Å². The number of ether oxygens (including phenoxy) is 4. The number of carbonyl (C=O) groups is 4. The molecule has 0 rings (SSSR count). The summed E-state index contributed by atoms with van der Waals surface area (Å²) in [6.07, 6.45) is 58.4. The number of hydrogen-bond donors (Lipinski definition) is 3. The summed E-state index contributed by atoms with van der Waals surface area (Å²) in [5.41, 5.74) is 0. The Kier molecular flexibility index (Phi) is 67.7. The van der Waals surface area contributed by atoms with Crippen molar-refractivity contribution >= 4 is 39.5 Å². The van der Waals surface area contributed by atoms with Gasteiger partial charge in [-0.1, -0.05) is 349 Å². The number of unbranched alkanes of at least 4 members (excludes halogenated alkanes) is 48. The molecule has 0 spiro atoms. The van der Waals surface area contributed by atoms with E-state index in [9.17, 15) is 43.2 Å². The van der Waals surface area contributed by atoms with Crippen LogP contribution in [0.5, 0.6) is 0 Å². The fourth-order valence-corrected chi connectivity index (χ4v) is 13.3. The average molecular weight is 1400 g/mol. The molecule has 5 atom stereocenters. The molecule has 0 fully saturated rings. The molecular weight excluding hydrogens is 1250 g/mol. The Morgan fingerprint density at radius 1 is 0.284 bits per heavy atom. The smallest absolute Gasteiger partial charge is 0.462 e. The van der Waals surface area contributed by atoms with E-state index in [1.807, 2.05) is 0 Å². The second kappa shape index (κ2) is 69.2. The highest BCUT2D eigenvalue weighted by molar-refractivity contribution is 7.47. The number of rotatable bonds is 76. The van der Waals surface area contributed by atoms with E-state index < -0.39 is 97.5 Å². The lowest BCUT2D eigenvalue weighted by Gasteiger charge is -2.21. The zero-order chi connectivity index (χ0) is 69.8. The minimum atomic E-state index is -4.96. The van der Waals surface area contributed by atoms with Gasteiger partial charge in [-0.05, 0) is 31.6 Å². The van der Waals surface area contributed by atoms with Crippen LogP contribution in [0.15, 0.2) is 0 Å². The summed E-state index contributed by atoms with van der Waals surface area (Å²) in [6, 6.07) is 0. The third kappa shape index (κ3) is 70.3. The molecule has 0 aromatic carbocycles. The summed E-state index contributed by atoms with van der Waals surface area (Å²) in [5.74, 6) is -1.34. The van der Waals surface area contributed by atoms with Crippen LogP contribution in [0.1, 0.15) is 401 Å². The molecule has 0 aliphatic carbocycles. The van der Waals surface area contributed by atoms with Crippen molar-refractivity contribution in [1.82, 2.24) is 0 Å². The van der Waals surface area contributed by atoms with Crippen LogP contribution in [0.4, 0.5) is 0 Å². The third-order valence-electron chi connectivity index (χ3n) is 17.8. The van der Waals surface area contributed by atoms with Crippen LogP contribution < -0.4 is 0 Å². The van der Waals surface area contributed by atoms with E-state index in [-0.39, 0.29) is 25.7 Å². The normalized spacial score (nSPS) is 13.9. The van der Waals surface area contributed by atoms with E-state index in [0.717, 1.165) is 109 Å². The van der Waals surface area contributed by atoms with Gasteiger partial charge in [0.1, 0.15) is 19.3 Å². The molecule has 0 radical (unpaired) electrons. The number of esters is 4. The van der Waals surface area contributed by atoms with Gasteiger partial charge in [-0.15, -0.1) is 0 Å². The average Bonchev–Trinajstić information content (AvgIpc) is 2.58. The molecule has 0 aromatic rings. The molecular formula is C76H148O17P2. The second-order valence-corrected chi connectivity index (χ2v) is 30.8. The third-order valence-corrected chi connectivity index (χ3v) is 19.7. The Hall–Kier alpha value is -1.94. The number of carbonyl (C=O) groups excluding carboxylic acids is 4. The van der Waals surface area contributed by atoms with Gasteiger partial charge in [0, 0.05) is 25.7 Å². The molecule has 0 bridgehead atoms. The number of hydrogen-bond acceptors (Lipinski definition) is 15. The molecule has 0 aromatic heterocycles. The van der Waals surface area contributed by atoms with Crippen molar-refractivity contribution in [2.45, 2.75) is 419 Å². The molecule has 2 unspecified atom stereocenters. The van der Waals surface area contributed by atoms with E-state index >= 15 is 0 Å². The van der Waals surface area contributed by atoms with Crippen LogP contribution in [-0.2, 0) is 65.4 Å². The van der Waals surface area contributed by atoms with Crippen LogP contribution in [0.25, 0.3) is 0 Å². The van der Waals surface area contributed by atoms with Crippen LogP contribution in [0, 0.1) is 5.92 Å². The maximum atomic E-state index is 13.1. The molecule has 0 saturated heterocycles. The molecule has 0 amide bonds. The standard InChI is InChI=1S/C76H148O17P2/c1-6-9-12-15-18-20-22-24-26-27-28-29-30-32-38-42-47-52-57-62-76(81)93-72(66-87-74(79)60-55-50-45-40-36-34-33-35-39-44-48-53-58-69(4)5)68-91-95(84,85)89-64-70(77)63-88-94(82,83)90-67-71(65-86-73(78)59-54-49-43-17-14-11-8-3)92-75(80)61-56-51-46-41-37-31-25-23-21-19-16-13-10-7-2/h69-72,77H,6-68H2,1-5H3,(H,82,83)(H,84,85)/t70-,71+,72+/m0/s1. The molecule has 0 saturated carbocycles. The first-order valence-corrected chi connectivity index (χ1v) is 42.6. The summed E-state index contributed by atoms with van der Waals surface area (Å²) in [5, 5.41) is 10.6. The van der Waals surface area contributed by atoms with E-state index in [0.29, 0.717) is 25.7 Å². The number of aliphatic hydroxyl groups excluding tert-OH is 1. The molecule has 0 heterocycles. The Balaban J connectivity index is 5.18. The maximum Gasteiger partial charge on any atom is 0.472 e. The van der Waals surface area contributed by atoms with E-state index in [2.05, 4.69) is 34.6 Å². The van der Waals surface area contributed by atoms with Gasteiger partial charge in [0.2, 0.25) is 0 Å². The Morgan fingerprint density at radius 3 is 0.716 bits per heavy atom. The van der Waals surface area contributed by atoms with Gasteiger partial charge in [0.25, 0.3) is 0 Å². The minimum absolute atomic E-state index is 0.108. The summed E-state index contributed by atoms with van der Waals surface area (Å²) in [6.45, 7) is 7.27. The first-order valence-electron chi connectivity index (χ1n) is 39.6. The molecule has 3 N–H and O–H groups in total. The minimum Gasteiger partial charge on any atom is -0.462 e. The maximum absolute atomic E-state index is 13.1. The van der Waals surface area contributed by atoms with Crippen molar-refractivity contribution in [3.05, 3.63) is 0 Å². The zero-order valence-corrected chi connectivity index (χ0v) is 63.6. The van der Waals surface area contributed by atoms with Gasteiger partial charge in [-0.3, -0.25) is 37.3 Å². The van der Waals surface area contributed by atoms with Crippen molar-refractivity contribution in [2.75, 3.05) is 39.6 Å². The van der Waals surface area contributed by atoms with Crippen LogP contribution in [-0.4, -0.2) is 96.7 Å². The van der Waals surface area contributed by atoms with Crippen molar-refractivity contribution in [3.8, 4) is 0 Å². The lowest BCUT2D eigenvalue weighted by atomic mass is 10.0. The highest BCUT2D eigenvalue weighted by atomic mass is 31.2. The van der Waals surface area contributed by atoms with Crippen molar-refractivity contribution < 1.29 is 80.2 Å². The number of phosphoric ester groups is 2. The van der Waals surface area contributed by atoms with Crippen LogP contribution >= 0.6 is 15.6 Å². The van der Waals surface area contributed by atoms with Crippen LogP contribution in [0.3, 0.4) is 0 Å². The Labute approximate surface area is 581 Å². The van der Waals surface area contributed by atoms with E-state index in [4.69, 9.17) is 37.0 Å². The van der Waals surface area contributed by atoms with Crippen molar-refractivity contribution in [1.29, 1.82) is 0 Å². The van der Waals surface area contributed by atoms with Crippen LogP contribution in [0.2, 0.25) is 0 Å². The number of phosphoric acid groups is 2. The lowest BCUT2D eigenvalue weighted by molar-refractivity contribution is -0.161. The zero-order valence-electron chi connectivity index (χ0n) is 61.8. The quantitative estimate of drug-likeness (QED) is 0.0222. The van der Waals surface area contributed by atoms with Gasteiger partial charge in [0.05, 0.1) is 26.4 Å². The molecule has 564 valence electrons. The van der Waals surface area contributed by atoms with Gasteiger partial charge in [-0.2, -0.15) is 0 Å². The highest BCUT2D eigenvalue weighted by Gasteiger charge is 2.30. The monoisotopic (exact) mass is 1400 g/mol. The van der Waals surface area contributed by atoms with Gasteiger partial charge in [-0.25, -0.2) is 9.13 Å².